The molecule has 2 N–H and O–H groups in total. The highest BCUT2D eigenvalue weighted by Gasteiger charge is 2.27. The molecule has 3 rings (SSSR count). The van der Waals surface area contributed by atoms with Crippen LogP contribution in [0.4, 0.5) is 4.79 Å². The molecule has 1 aliphatic heterocycles. The fraction of sp³-hybridized carbons (Fsp3) is 0.522. The molecule has 0 saturated carbocycles. The number of aliphatic imine (C=N–C) groups is 1. The Labute approximate surface area is 188 Å². The van der Waals surface area contributed by atoms with E-state index in [0.29, 0.717) is 6.54 Å². The number of carbonyl (C=O) groups excluding carboxylic acids is 1. The highest BCUT2D eigenvalue weighted by molar-refractivity contribution is 7.13. The standard InChI is InChI=1S/C23H33N5O2S/c1-5-24-21(28-14-12-18(15-28)27-22(29)30-23(2,3)4)25-13-11-19-16-31-20(26-19)17-9-7-6-8-10-17/h6-10,16,18H,5,11-15H2,1-4H3,(H,24,25)(H,27,29)/t18-/m1/s1. The van der Waals surface area contributed by atoms with Gasteiger partial charge in [0, 0.05) is 43.5 Å². The van der Waals surface area contributed by atoms with Crippen molar-refractivity contribution in [3.63, 3.8) is 0 Å². The quantitative estimate of drug-likeness (QED) is 0.523. The van der Waals surface area contributed by atoms with Gasteiger partial charge in [-0.2, -0.15) is 0 Å². The van der Waals surface area contributed by atoms with Crippen LogP contribution in [-0.4, -0.2) is 59.8 Å². The number of nitrogens with one attached hydrogen (secondary N) is 2. The topological polar surface area (TPSA) is 78.9 Å². The predicted molar refractivity (Wildman–Crippen MR) is 127 cm³/mol. The first-order valence-corrected chi connectivity index (χ1v) is 11.7. The van der Waals surface area contributed by atoms with E-state index in [-0.39, 0.29) is 12.1 Å². The first-order valence-electron chi connectivity index (χ1n) is 10.9. The largest absolute Gasteiger partial charge is 0.444 e. The molecule has 1 fully saturated rings. The molecule has 0 aliphatic carbocycles. The van der Waals surface area contributed by atoms with Gasteiger partial charge in [-0.3, -0.25) is 4.99 Å². The minimum absolute atomic E-state index is 0.0608. The van der Waals surface area contributed by atoms with E-state index in [9.17, 15) is 4.79 Å². The molecular weight excluding hydrogens is 410 g/mol. The number of carbonyl (C=O) groups is 1. The van der Waals surface area contributed by atoms with E-state index in [1.54, 1.807) is 11.3 Å². The van der Waals surface area contributed by atoms with Crippen LogP contribution < -0.4 is 10.6 Å². The molecule has 7 nitrogen and oxygen atoms in total. The van der Waals surface area contributed by atoms with Gasteiger partial charge in [0.05, 0.1) is 11.7 Å². The van der Waals surface area contributed by atoms with Gasteiger partial charge in [0.2, 0.25) is 0 Å². The average Bonchev–Trinajstić information content (AvgIpc) is 3.36. The van der Waals surface area contributed by atoms with E-state index in [1.165, 1.54) is 0 Å². The third kappa shape index (κ3) is 7.24. The first kappa shape index (κ1) is 23.1. The van der Waals surface area contributed by atoms with Crippen LogP contribution in [0.1, 0.15) is 39.8 Å². The molecule has 0 unspecified atom stereocenters. The summed E-state index contributed by atoms with van der Waals surface area (Å²) < 4.78 is 5.37. The number of likely N-dealkylation sites (tertiary alicyclic amines) is 1. The lowest BCUT2D eigenvalue weighted by Gasteiger charge is -2.23. The third-order valence-corrected chi connectivity index (χ3v) is 5.69. The summed E-state index contributed by atoms with van der Waals surface area (Å²) in [6.45, 7) is 10.7. The lowest BCUT2D eigenvalue weighted by Crippen LogP contribution is -2.44. The van der Waals surface area contributed by atoms with Gasteiger partial charge in [-0.1, -0.05) is 30.3 Å². The lowest BCUT2D eigenvalue weighted by atomic mass is 10.2. The van der Waals surface area contributed by atoms with E-state index in [0.717, 1.165) is 54.7 Å². The van der Waals surface area contributed by atoms with E-state index < -0.39 is 5.60 Å². The number of nitrogens with zero attached hydrogens (tertiary/aromatic N) is 3. The number of hydrogen-bond acceptors (Lipinski definition) is 5. The smallest absolute Gasteiger partial charge is 0.407 e. The van der Waals surface area contributed by atoms with Crippen LogP contribution >= 0.6 is 11.3 Å². The van der Waals surface area contributed by atoms with E-state index in [4.69, 9.17) is 14.7 Å². The summed E-state index contributed by atoms with van der Waals surface area (Å²) in [5.74, 6) is 0.884. The number of hydrogen-bond donors (Lipinski definition) is 2. The summed E-state index contributed by atoms with van der Waals surface area (Å²) in [4.78, 5) is 23.8. The number of ether oxygens (including phenoxy) is 1. The minimum Gasteiger partial charge on any atom is -0.444 e. The van der Waals surface area contributed by atoms with Gasteiger partial charge in [-0.05, 0) is 34.1 Å². The monoisotopic (exact) mass is 443 g/mol. The molecule has 1 aliphatic rings. The van der Waals surface area contributed by atoms with Crippen molar-refractivity contribution < 1.29 is 9.53 Å². The number of amides is 1. The number of thiazole rings is 1. The van der Waals surface area contributed by atoms with Crippen LogP contribution in [0, 0.1) is 0 Å². The molecule has 1 atom stereocenters. The maximum Gasteiger partial charge on any atom is 0.407 e. The van der Waals surface area contributed by atoms with E-state index in [2.05, 4.69) is 40.0 Å². The molecule has 2 heterocycles. The predicted octanol–water partition coefficient (Wildman–Crippen LogP) is 3.92. The van der Waals surface area contributed by atoms with Crippen LogP contribution in [0.3, 0.4) is 0 Å². The number of rotatable bonds is 6. The second-order valence-corrected chi connectivity index (χ2v) is 9.43. The van der Waals surface area contributed by atoms with Gasteiger partial charge in [-0.25, -0.2) is 9.78 Å². The van der Waals surface area contributed by atoms with Crippen molar-refractivity contribution in [2.24, 2.45) is 4.99 Å². The van der Waals surface area contributed by atoms with Crippen LogP contribution in [-0.2, 0) is 11.2 Å². The molecule has 1 aromatic carbocycles. The summed E-state index contributed by atoms with van der Waals surface area (Å²) in [5, 5.41) is 9.49. The number of benzene rings is 1. The Morgan fingerprint density at radius 1 is 1.32 bits per heavy atom. The Balaban J connectivity index is 1.52. The Morgan fingerprint density at radius 2 is 2.10 bits per heavy atom. The van der Waals surface area contributed by atoms with Crippen molar-refractivity contribution >= 4 is 23.4 Å². The summed E-state index contributed by atoms with van der Waals surface area (Å²) in [5.41, 5.74) is 1.72. The molecular formula is C23H33N5O2S. The van der Waals surface area contributed by atoms with Gasteiger partial charge in [0.1, 0.15) is 10.6 Å². The number of alkyl carbamates (subject to hydrolysis) is 1. The van der Waals surface area contributed by atoms with Crippen molar-refractivity contribution in [3.8, 4) is 10.6 Å². The van der Waals surface area contributed by atoms with Crippen LogP contribution in [0.2, 0.25) is 0 Å². The number of guanidine groups is 1. The van der Waals surface area contributed by atoms with Crippen LogP contribution in [0.15, 0.2) is 40.7 Å². The maximum absolute atomic E-state index is 12.0. The average molecular weight is 444 g/mol. The second-order valence-electron chi connectivity index (χ2n) is 8.57. The highest BCUT2D eigenvalue weighted by atomic mass is 32.1. The summed E-state index contributed by atoms with van der Waals surface area (Å²) in [6.07, 6.45) is 1.31. The molecule has 0 radical (unpaired) electrons. The maximum atomic E-state index is 12.0. The Bertz CT molecular complexity index is 876. The SMILES string of the molecule is CCNC(=NCCc1csc(-c2ccccc2)n1)N1CC[C@@H](NC(=O)OC(C)(C)C)C1. The molecule has 1 aromatic heterocycles. The highest BCUT2D eigenvalue weighted by Crippen LogP contribution is 2.23. The molecule has 168 valence electrons. The Hall–Kier alpha value is -2.61. The van der Waals surface area contributed by atoms with Gasteiger partial charge >= 0.3 is 6.09 Å². The zero-order valence-corrected chi connectivity index (χ0v) is 19.7. The van der Waals surface area contributed by atoms with Gasteiger partial charge < -0.3 is 20.3 Å². The first-order chi connectivity index (χ1) is 14.8. The molecule has 2 aromatic rings. The van der Waals surface area contributed by atoms with Crippen molar-refractivity contribution in [2.45, 2.75) is 52.2 Å². The molecule has 1 amide bonds. The summed E-state index contributed by atoms with van der Waals surface area (Å²) >= 11 is 1.67. The minimum atomic E-state index is -0.491. The summed E-state index contributed by atoms with van der Waals surface area (Å²) in [6, 6.07) is 10.3. The van der Waals surface area contributed by atoms with Crippen LogP contribution in [0.25, 0.3) is 10.6 Å². The zero-order valence-electron chi connectivity index (χ0n) is 18.9. The van der Waals surface area contributed by atoms with Crippen molar-refractivity contribution in [1.29, 1.82) is 0 Å². The molecule has 31 heavy (non-hydrogen) atoms. The zero-order chi connectivity index (χ0) is 22.3. The fourth-order valence-electron chi connectivity index (χ4n) is 3.38. The van der Waals surface area contributed by atoms with E-state index in [1.807, 2.05) is 39.0 Å². The lowest BCUT2D eigenvalue weighted by molar-refractivity contribution is 0.0507. The van der Waals surface area contributed by atoms with E-state index >= 15 is 0 Å². The molecule has 8 heteroatoms. The Morgan fingerprint density at radius 3 is 2.81 bits per heavy atom. The van der Waals surface area contributed by atoms with Gasteiger partial charge in [0.25, 0.3) is 0 Å². The van der Waals surface area contributed by atoms with Gasteiger partial charge in [-0.15, -0.1) is 11.3 Å². The van der Waals surface area contributed by atoms with Gasteiger partial charge in [0.15, 0.2) is 5.96 Å². The normalized spacial score (nSPS) is 17.0. The molecule has 0 spiro atoms. The van der Waals surface area contributed by atoms with Crippen molar-refractivity contribution in [2.75, 3.05) is 26.2 Å². The van der Waals surface area contributed by atoms with Crippen LogP contribution in [0.5, 0.6) is 0 Å². The fourth-order valence-corrected chi connectivity index (χ4v) is 4.24. The van der Waals surface area contributed by atoms with Crippen molar-refractivity contribution in [1.82, 2.24) is 20.5 Å². The second kappa shape index (κ2) is 10.6. The van der Waals surface area contributed by atoms with Crippen molar-refractivity contribution in [3.05, 3.63) is 41.4 Å². The number of aromatic nitrogens is 1. The summed E-state index contributed by atoms with van der Waals surface area (Å²) in [7, 11) is 0. The Kier molecular flexibility index (Phi) is 7.90. The molecule has 0 bridgehead atoms. The molecule has 1 saturated heterocycles. The third-order valence-electron chi connectivity index (χ3n) is 4.75.